The quantitative estimate of drug-likeness (QED) is 0.890. The van der Waals surface area contributed by atoms with Gasteiger partial charge in [0.2, 0.25) is 12.7 Å². The van der Waals surface area contributed by atoms with Gasteiger partial charge < -0.3 is 24.4 Å². The van der Waals surface area contributed by atoms with Crippen molar-refractivity contribution in [1.82, 2.24) is 10.2 Å². The molecule has 0 unspecified atom stereocenters. The molecule has 2 aliphatic heterocycles. The van der Waals surface area contributed by atoms with Gasteiger partial charge in [0.15, 0.2) is 11.5 Å². The molecule has 1 N–H and O–H groups in total. The molecule has 0 saturated carbocycles. The van der Waals surface area contributed by atoms with Crippen LogP contribution in [0, 0.1) is 5.92 Å². The average Bonchev–Trinajstić information content (AvgIpc) is 3.07. The number of nitrogens with zero attached hydrogens (tertiary/aromatic N) is 1. The Morgan fingerprint density at radius 2 is 1.83 bits per heavy atom. The molecule has 0 radical (unpaired) electrons. The van der Waals surface area contributed by atoms with Crippen molar-refractivity contribution >= 4 is 11.8 Å². The van der Waals surface area contributed by atoms with Gasteiger partial charge in [0.1, 0.15) is 6.04 Å². The molecule has 2 amide bonds. The molecular weight excluding hydrogens is 312 g/mol. The lowest BCUT2D eigenvalue weighted by Gasteiger charge is -2.32. The third-order valence-electron chi connectivity index (χ3n) is 4.18. The van der Waals surface area contributed by atoms with Crippen LogP contribution < -0.4 is 14.8 Å². The van der Waals surface area contributed by atoms with Crippen LogP contribution in [-0.4, -0.2) is 55.9 Å². The first-order chi connectivity index (χ1) is 11.6. The number of benzene rings is 1. The summed E-state index contributed by atoms with van der Waals surface area (Å²) in [5, 5.41) is 2.85. The van der Waals surface area contributed by atoms with Crippen molar-refractivity contribution in [3.8, 4) is 11.5 Å². The maximum absolute atomic E-state index is 12.7. The van der Waals surface area contributed by atoms with E-state index in [-0.39, 0.29) is 24.5 Å². The molecular formula is C17H22N2O5. The zero-order valence-electron chi connectivity index (χ0n) is 13.9. The largest absolute Gasteiger partial charge is 0.454 e. The summed E-state index contributed by atoms with van der Waals surface area (Å²) in [5.41, 5.74) is 0.444. The van der Waals surface area contributed by atoms with Crippen LogP contribution in [-0.2, 0) is 9.53 Å². The maximum Gasteiger partial charge on any atom is 0.252 e. The Morgan fingerprint density at radius 3 is 2.54 bits per heavy atom. The fourth-order valence-corrected chi connectivity index (χ4v) is 2.76. The maximum atomic E-state index is 12.7. The summed E-state index contributed by atoms with van der Waals surface area (Å²) in [6.07, 6.45) is 0. The van der Waals surface area contributed by atoms with Crippen LogP contribution >= 0.6 is 0 Å². The van der Waals surface area contributed by atoms with Gasteiger partial charge in [-0.15, -0.1) is 0 Å². The summed E-state index contributed by atoms with van der Waals surface area (Å²) in [6.45, 7) is 6.18. The molecule has 2 aliphatic rings. The minimum absolute atomic E-state index is 0.0155. The third-order valence-corrected chi connectivity index (χ3v) is 4.18. The minimum atomic E-state index is -0.568. The van der Waals surface area contributed by atoms with E-state index >= 15 is 0 Å². The average molecular weight is 334 g/mol. The van der Waals surface area contributed by atoms with Gasteiger partial charge in [-0.2, -0.15) is 0 Å². The summed E-state index contributed by atoms with van der Waals surface area (Å²) in [7, 11) is 0. The molecule has 0 aliphatic carbocycles. The number of morpholine rings is 1. The van der Waals surface area contributed by atoms with E-state index in [1.165, 1.54) is 0 Å². The Bertz CT molecular complexity index is 625. The van der Waals surface area contributed by atoms with Gasteiger partial charge in [0.25, 0.3) is 5.91 Å². The molecule has 0 aromatic heterocycles. The summed E-state index contributed by atoms with van der Waals surface area (Å²) >= 11 is 0. The molecule has 1 aromatic rings. The molecule has 2 heterocycles. The Labute approximate surface area is 140 Å². The number of hydrogen-bond acceptors (Lipinski definition) is 5. The number of nitrogens with one attached hydrogen (secondary N) is 1. The van der Waals surface area contributed by atoms with Crippen LogP contribution in [0.4, 0.5) is 0 Å². The predicted octanol–water partition coefficient (Wildman–Crippen LogP) is 1.03. The number of fused-ring (bicyclic) bond motifs is 1. The lowest BCUT2D eigenvalue weighted by Crippen LogP contribution is -2.53. The van der Waals surface area contributed by atoms with Gasteiger partial charge in [-0.05, 0) is 24.1 Å². The lowest BCUT2D eigenvalue weighted by molar-refractivity contribution is -0.138. The third kappa shape index (κ3) is 3.46. The zero-order valence-corrected chi connectivity index (χ0v) is 13.9. The monoisotopic (exact) mass is 334 g/mol. The van der Waals surface area contributed by atoms with Gasteiger partial charge >= 0.3 is 0 Å². The summed E-state index contributed by atoms with van der Waals surface area (Å²) in [6, 6.07) is 4.43. The Hall–Kier alpha value is -2.28. The highest BCUT2D eigenvalue weighted by Crippen LogP contribution is 2.32. The van der Waals surface area contributed by atoms with Crippen LogP contribution in [0.2, 0.25) is 0 Å². The molecule has 24 heavy (non-hydrogen) atoms. The van der Waals surface area contributed by atoms with Crippen LogP contribution in [0.25, 0.3) is 0 Å². The second-order valence-electron chi connectivity index (χ2n) is 6.20. The van der Waals surface area contributed by atoms with E-state index in [1.54, 1.807) is 23.1 Å². The van der Waals surface area contributed by atoms with E-state index in [4.69, 9.17) is 14.2 Å². The predicted molar refractivity (Wildman–Crippen MR) is 86.1 cm³/mol. The molecule has 7 heteroatoms. The van der Waals surface area contributed by atoms with Gasteiger partial charge in [0.05, 0.1) is 13.2 Å². The van der Waals surface area contributed by atoms with E-state index < -0.39 is 6.04 Å². The van der Waals surface area contributed by atoms with Crippen LogP contribution in [0.15, 0.2) is 18.2 Å². The van der Waals surface area contributed by atoms with Crippen molar-refractivity contribution in [2.75, 3.05) is 33.1 Å². The van der Waals surface area contributed by atoms with Crippen molar-refractivity contribution in [2.24, 2.45) is 5.92 Å². The SMILES string of the molecule is CC(C)[C@H](NC(=O)c1ccc2c(c1)OCO2)C(=O)N1CCOCC1. The number of rotatable bonds is 4. The molecule has 1 fully saturated rings. The molecule has 7 nitrogen and oxygen atoms in total. The van der Waals surface area contributed by atoms with E-state index in [2.05, 4.69) is 5.32 Å². The Morgan fingerprint density at radius 1 is 1.12 bits per heavy atom. The van der Waals surface area contributed by atoms with Crippen molar-refractivity contribution in [2.45, 2.75) is 19.9 Å². The first-order valence-electron chi connectivity index (χ1n) is 8.13. The summed E-state index contributed by atoms with van der Waals surface area (Å²) < 4.78 is 15.8. The van der Waals surface area contributed by atoms with Crippen molar-refractivity contribution in [1.29, 1.82) is 0 Å². The second kappa shape index (κ2) is 7.09. The first-order valence-corrected chi connectivity index (χ1v) is 8.13. The highest BCUT2D eigenvalue weighted by Gasteiger charge is 2.30. The summed E-state index contributed by atoms with van der Waals surface area (Å²) in [5.74, 6) is 0.786. The summed E-state index contributed by atoms with van der Waals surface area (Å²) in [4.78, 5) is 27.0. The molecule has 0 bridgehead atoms. The second-order valence-corrected chi connectivity index (χ2v) is 6.20. The van der Waals surface area contributed by atoms with Crippen LogP contribution in [0.5, 0.6) is 11.5 Å². The van der Waals surface area contributed by atoms with Crippen LogP contribution in [0.1, 0.15) is 24.2 Å². The Balaban J connectivity index is 1.70. The number of ether oxygens (including phenoxy) is 3. The molecule has 3 rings (SSSR count). The Kier molecular flexibility index (Phi) is 4.89. The van der Waals surface area contributed by atoms with Gasteiger partial charge in [-0.25, -0.2) is 0 Å². The van der Waals surface area contributed by atoms with E-state index in [0.717, 1.165) is 0 Å². The van der Waals surface area contributed by atoms with Crippen LogP contribution in [0.3, 0.4) is 0 Å². The highest BCUT2D eigenvalue weighted by molar-refractivity contribution is 5.98. The molecule has 1 saturated heterocycles. The molecule has 1 atom stereocenters. The topological polar surface area (TPSA) is 77.1 Å². The van der Waals surface area contributed by atoms with Gasteiger partial charge in [-0.1, -0.05) is 13.8 Å². The molecule has 1 aromatic carbocycles. The number of amides is 2. The van der Waals surface area contributed by atoms with Crippen molar-refractivity contribution in [3.63, 3.8) is 0 Å². The minimum Gasteiger partial charge on any atom is -0.454 e. The van der Waals surface area contributed by atoms with Gasteiger partial charge in [0, 0.05) is 18.7 Å². The highest BCUT2D eigenvalue weighted by atomic mass is 16.7. The first kappa shape index (κ1) is 16.6. The fraction of sp³-hybridized carbons (Fsp3) is 0.529. The smallest absolute Gasteiger partial charge is 0.252 e. The van der Waals surface area contributed by atoms with E-state index in [0.29, 0.717) is 43.4 Å². The lowest BCUT2D eigenvalue weighted by atomic mass is 10.0. The fourth-order valence-electron chi connectivity index (χ4n) is 2.76. The molecule has 0 spiro atoms. The van der Waals surface area contributed by atoms with E-state index in [1.807, 2.05) is 13.8 Å². The normalized spacial score (nSPS) is 17.7. The van der Waals surface area contributed by atoms with Crippen molar-refractivity contribution < 1.29 is 23.8 Å². The number of carbonyl (C=O) groups excluding carboxylic acids is 2. The van der Waals surface area contributed by atoms with Gasteiger partial charge in [-0.3, -0.25) is 9.59 Å². The number of carbonyl (C=O) groups is 2. The molecule has 130 valence electrons. The van der Waals surface area contributed by atoms with Crippen molar-refractivity contribution in [3.05, 3.63) is 23.8 Å². The van der Waals surface area contributed by atoms with E-state index in [9.17, 15) is 9.59 Å². The number of hydrogen-bond donors (Lipinski definition) is 1. The standard InChI is InChI=1S/C17H22N2O5/c1-11(2)15(17(21)19-5-7-22-8-6-19)18-16(20)12-3-4-13-14(9-12)24-10-23-13/h3-4,9,11,15H,5-8,10H2,1-2H3,(H,18,20)/t15-/m0/s1. The zero-order chi connectivity index (χ0) is 17.1.